The molecule has 0 spiro atoms. The molecule has 152 valence electrons. The van der Waals surface area contributed by atoms with Crippen LogP contribution in [0.5, 0.6) is 0 Å². The Morgan fingerprint density at radius 2 is 2.04 bits per heavy atom. The Morgan fingerprint density at radius 3 is 2.71 bits per heavy atom. The summed E-state index contributed by atoms with van der Waals surface area (Å²) < 4.78 is 25.6. The van der Waals surface area contributed by atoms with Gasteiger partial charge in [-0.15, -0.1) is 5.10 Å². The minimum Gasteiger partial charge on any atom is -0.340 e. The van der Waals surface area contributed by atoms with Crippen molar-refractivity contribution in [3.8, 4) is 0 Å². The summed E-state index contributed by atoms with van der Waals surface area (Å²) in [6, 6.07) is 3.95. The number of hydrogen-bond donors (Lipinski definition) is 2. The van der Waals surface area contributed by atoms with Gasteiger partial charge in [-0.3, -0.25) is 14.9 Å². The van der Waals surface area contributed by atoms with Gasteiger partial charge in [-0.05, 0) is 37.5 Å². The summed E-state index contributed by atoms with van der Waals surface area (Å²) in [6.07, 6.45) is 3.34. The minimum absolute atomic E-state index is 0.0208. The van der Waals surface area contributed by atoms with Crippen LogP contribution in [0.2, 0.25) is 5.02 Å². The first-order chi connectivity index (χ1) is 13.3. The number of benzene rings is 1. The molecule has 1 aliphatic heterocycles. The SMILES string of the molecule is CON(C)S(=O)(=O)c1cc(C(=O)Nc2nc(N3CCCCC3)n[nH]2)ccc1Cl. The maximum Gasteiger partial charge on any atom is 0.266 e. The number of carbonyl (C=O) groups excluding carboxylic acids is 1. The number of H-pyrrole nitrogens is 1. The van der Waals surface area contributed by atoms with Crippen molar-refractivity contribution in [2.45, 2.75) is 24.2 Å². The first-order valence-corrected chi connectivity index (χ1v) is 10.5. The molecule has 12 heteroatoms. The molecule has 2 aromatic rings. The van der Waals surface area contributed by atoms with E-state index in [4.69, 9.17) is 16.4 Å². The van der Waals surface area contributed by atoms with E-state index in [1.807, 2.05) is 4.90 Å². The maximum absolute atomic E-state index is 12.5. The molecule has 0 bridgehead atoms. The Balaban J connectivity index is 1.78. The number of piperidine rings is 1. The summed E-state index contributed by atoms with van der Waals surface area (Å²) in [5.74, 6) is 0.157. The van der Waals surface area contributed by atoms with Crippen LogP contribution in [0.15, 0.2) is 23.1 Å². The molecule has 1 saturated heterocycles. The van der Waals surface area contributed by atoms with Crippen LogP contribution in [0.1, 0.15) is 29.6 Å². The fourth-order valence-electron chi connectivity index (χ4n) is 2.80. The van der Waals surface area contributed by atoms with Crippen molar-refractivity contribution in [3.05, 3.63) is 28.8 Å². The van der Waals surface area contributed by atoms with Gasteiger partial charge in [0.1, 0.15) is 4.90 Å². The molecular formula is C16H21ClN6O4S. The average molecular weight is 429 g/mol. The second-order valence-corrected chi connectivity index (χ2v) is 8.54. The van der Waals surface area contributed by atoms with Crippen LogP contribution in [0.3, 0.4) is 0 Å². The van der Waals surface area contributed by atoms with Crippen molar-refractivity contribution >= 4 is 39.4 Å². The Kier molecular flexibility index (Phi) is 6.18. The molecule has 0 aliphatic carbocycles. The number of carbonyl (C=O) groups is 1. The van der Waals surface area contributed by atoms with Crippen LogP contribution >= 0.6 is 11.6 Å². The number of anilines is 2. The van der Waals surface area contributed by atoms with E-state index in [0.29, 0.717) is 10.4 Å². The highest BCUT2D eigenvalue weighted by atomic mass is 35.5. The van der Waals surface area contributed by atoms with Crippen LogP contribution in [-0.2, 0) is 14.9 Å². The van der Waals surface area contributed by atoms with Gasteiger partial charge in [-0.1, -0.05) is 16.1 Å². The largest absolute Gasteiger partial charge is 0.340 e. The number of rotatable bonds is 6. The topological polar surface area (TPSA) is 121 Å². The summed E-state index contributed by atoms with van der Waals surface area (Å²) in [7, 11) is -1.56. The number of nitrogens with zero attached hydrogens (tertiary/aromatic N) is 4. The fourth-order valence-corrected chi connectivity index (χ4v) is 4.28. The number of hydroxylamine groups is 1. The minimum atomic E-state index is -4.00. The molecule has 28 heavy (non-hydrogen) atoms. The highest BCUT2D eigenvalue weighted by Gasteiger charge is 2.25. The molecule has 2 N–H and O–H groups in total. The number of aromatic amines is 1. The van der Waals surface area contributed by atoms with E-state index < -0.39 is 15.9 Å². The zero-order valence-electron chi connectivity index (χ0n) is 15.5. The predicted octanol–water partition coefficient (Wildman–Crippen LogP) is 1.88. The van der Waals surface area contributed by atoms with Crippen molar-refractivity contribution in [3.63, 3.8) is 0 Å². The third-order valence-corrected chi connectivity index (χ3v) is 6.57. The number of halogens is 1. The van der Waals surface area contributed by atoms with E-state index in [0.717, 1.165) is 25.9 Å². The highest BCUT2D eigenvalue weighted by molar-refractivity contribution is 7.89. The van der Waals surface area contributed by atoms with Crippen LogP contribution < -0.4 is 10.2 Å². The zero-order valence-corrected chi connectivity index (χ0v) is 17.0. The molecule has 1 fully saturated rings. The standard InChI is InChI=1S/C16H21ClN6O4S/c1-22(27-2)28(25,26)13-10-11(6-7-12(13)17)14(24)18-15-19-16(21-20-15)23-8-4-3-5-9-23/h6-7,10H,3-5,8-9H2,1-2H3,(H2,18,19,20,21,24). The zero-order chi connectivity index (χ0) is 20.3. The number of nitrogens with one attached hydrogen (secondary N) is 2. The number of aromatic nitrogens is 3. The Hall–Kier alpha value is -2.21. The Morgan fingerprint density at radius 1 is 1.32 bits per heavy atom. The molecule has 10 nitrogen and oxygen atoms in total. The molecular weight excluding hydrogens is 408 g/mol. The van der Waals surface area contributed by atoms with E-state index in [1.54, 1.807) is 0 Å². The van der Waals surface area contributed by atoms with Gasteiger partial charge in [0.15, 0.2) is 0 Å². The van der Waals surface area contributed by atoms with Gasteiger partial charge in [-0.2, -0.15) is 4.98 Å². The lowest BCUT2D eigenvalue weighted by atomic mass is 10.1. The molecule has 3 rings (SSSR count). The van der Waals surface area contributed by atoms with Gasteiger partial charge in [-0.25, -0.2) is 13.5 Å². The first kappa shape index (κ1) is 20.5. The summed E-state index contributed by atoms with van der Waals surface area (Å²) in [5, 5.41) is 9.37. The smallest absolute Gasteiger partial charge is 0.266 e. The summed E-state index contributed by atoms with van der Waals surface area (Å²) in [4.78, 5) is 23.4. The second-order valence-electron chi connectivity index (χ2n) is 6.23. The van der Waals surface area contributed by atoms with Gasteiger partial charge < -0.3 is 4.90 Å². The highest BCUT2D eigenvalue weighted by Crippen LogP contribution is 2.26. The summed E-state index contributed by atoms with van der Waals surface area (Å²) in [5.41, 5.74) is 0.100. The van der Waals surface area contributed by atoms with Crippen LogP contribution in [0.4, 0.5) is 11.9 Å². The summed E-state index contributed by atoms with van der Waals surface area (Å²) >= 11 is 6.01. The van der Waals surface area contributed by atoms with Crippen molar-refractivity contribution < 1.29 is 18.0 Å². The van der Waals surface area contributed by atoms with E-state index in [-0.39, 0.29) is 21.4 Å². The molecule has 1 aliphatic rings. The van der Waals surface area contributed by atoms with Gasteiger partial charge in [0, 0.05) is 25.7 Å². The predicted molar refractivity (Wildman–Crippen MR) is 104 cm³/mol. The summed E-state index contributed by atoms with van der Waals surface area (Å²) in [6.45, 7) is 1.74. The van der Waals surface area contributed by atoms with E-state index in [2.05, 4.69) is 20.5 Å². The third-order valence-electron chi connectivity index (χ3n) is 4.41. The number of amides is 1. The van der Waals surface area contributed by atoms with Crippen LogP contribution in [-0.4, -0.2) is 61.2 Å². The lowest BCUT2D eigenvalue weighted by Gasteiger charge is -2.24. The van der Waals surface area contributed by atoms with Crippen molar-refractivity contribution in [2.24, 2.45) is 0 Å². The van der Waals surface area contributed by atoms with E-state index >= 15 is 0 Å². The number of hydrogen-bond acceptors (Lipinski definition) is 7. The second kappa shape index (κ2) is 8.43. The molecule has 0 radical (unpaired) electrons. The lowest BCUT2D eigenvalue weighted by Crippen LogP contribution is -2.30. The lowest BCUT2D eigenvalue weighted by molar-refractivity contribution is -0.0258. The molecule has 1 aromatic carbocycles. The molecule has 0 unspecified atom stereocenters. The van der Waals surface area contributed by atoms with Crippen molar-refractivity contribution in [1.29, 1.82) is 0 Å². The van der Waals surface area contributed by atoms with Crippen LogP contribution in [0.25, 0.3) is 0 Å². The quantitative estimate of drug-likeness (QED) is 0.674. The Bertz CT molecular complexity index is 958. The molecule has 2 heterocycles. The molecule has 1 aromatic heterocycles. The molecule has 0 atom stereocenters. The number of sulfonamides is 1. The van der Waals surface area contributed by atoms with E-state index in [1.165, 1.54) is 38.8 Å². The van der Waals surface area contributed by atoms with Crippen LogP contribution in [0, 0.1) is 0 Å². The Labute approximate surface area is 167 Å². The fraction of sp³-hybridized carbons (Fsp3) is 0.438. The van der Waals surface area contributed by atoms with Crippen molar-refractivity contribution in [2.75, 3.05) is 37.5 Å². The van der Waals surface area contributed by atoms with E-state index in [9.17, 15) is 13.2 Å². The molecule has 0 saturated carbocycles. The average Bonchev–Trinajstić information content (AvgIpc) is 3.16. The van der Waals surface area contributed by atoms with Gasteiger partial charge >= 0.3 is 0 Å². The van der Waals surface area contributed by atoms with Crippen molar-refractivity contribution in [1.82, 2.24) is 19.6 Å². The van der Waals surface area contributed by atoms with Gasteiger partial charge in [0.2, 0.25) is 11.9 Å². The first-order valence-electron chi connectivity index (χ1n) is 8.64. The van der Waals surface area contributed by atoms with Gasteiger partial charge in [0.05, 0.1) is 12.1 Å². The monoisotopic (exact) mass is 428 g/mol. The van der Waals surface area contributed by atoms with Gasteiger partial charge in [0.25, 0.3) is 15.9 Å². The third kappa shape index (κ3) is 4.27. The maximum atomic E-state index is 12.5. The molecule has 1 amide bonds. The normalized spacial score (nSPS) is 15.1.